The number of benzene rings is 1. The fourth-order valence-corrected chi connectivity index (χ4v) is 3.63. The summed E-state index contributed by atoms with van der Waals surface area (Å²) in [6, 6.07) is 5.78. The SMILES string of the molecule is Cc1cccc(C)c1C1NC(C(=O)O)CCS1. The van der Waals surface area contributed by atoms with Crippen LogP contribution in [0.4, 0.5) is 0 Å². The molecule has 1 heterocycles. The molecule has 2 atom stereocenters. The van der Waals surface area contributed by atoms with Gasteiger partial charge in [0.2, 0.25) is 0 Å². The average molecular weight is 251 g/mol. The number of nitrogens with one attached hydrogen (secondary N) is 1. The molecule has 17 heavy (non-hydrogen) atoms. The van der Waals surface area contributed by atoms with Crippen molar-refractivity contribution >= 4 is 17.7 Å². The zero-order valence-electron chi connectivity index (χ0n) is 10.1. The minimum absolute atomic E-state index is 0.103. The Morgan fingerprint density at radius 2 is 2.06 bits per heavy atom. The van der Waals surface area contributed by atoms with E-state index in [1.807, 2.05) is 6.07 Å². The molecule has 1 fully saturated rings. The molecule has 1 aliphatic heterocycles. The van der Waals surface area contributed by atoms with E-state index in [2.05, 4.69) is 31.3 Å². The minimum Gasteiger partial charge on any atom is -0.480 e. The molecule has 2 unspecified atom stereocenters. The van der Waals surface area contributed by atoms with Gasteiger partial charge in [0.25, 0.3) is 0 Å². The van der Waals surface area contributed by atoms with Crippen LogP contribution in [0, 0.1) is 13.8 Å². The summed E-state index contributed by atoms with van der Waals surface area (Å²) in [6.45, 7) is 4.16. The zero-order chi connectivity index (χ0) is 12.4. The predicted molar refractivity (Wildman–Crippen MR) is 70.3 cm³/mol. The van der Waals surface area contributed by atoms with Crippen molar-refractivity contribution in [3.05, 3.63) is 34.9 Å². The van der Waals surface area contributed by atoms with Gasteiger partial charge < -0.3 is 5.11 Å². The summed E-state index contributed by atoms with van der Waals surface area (Å²) in [4.78, 5) is 11.0. The highest BCUT2D eigenvalue weighted by atomic mass is 32.2. The first-order valence-electron chi connectivity index (χ1n) is 5.76. The van der Waals surface area contributed by atoms with Crippen molar-refractivity contribution in [2.75, 3.05) is 5.75 Å². The van der Waals surface area contributed by atoms with Gasteiger partial charge >= 0.3 is 5.97 Å². The lowest BCUT2D eigenvalue weighted by Crippen LogP contribution is -2.42. The number of aliphatic carboxylic acids is 1. The second kappa shape index (κ2) is 5.10. The van der Waals surface area contributed by atoms with Gasteiger partial charge in [-0.05, 0) is 42.7 Å². The van der Waals surface area contributed by atoms with Gasteiger partial charge in [0.15, 0.2) is 0 Å². The molecular formula is C13H17NO2S. The first kappa shape index (κ1) is 12.5. The largest absolute Gasteiger partial charge is 0.480 e. The molecule has 0 aliphatic carbocycles. The van der Waals surface area contributed by atoms with Crippen molar-refractivity contribution in [3.63, 3.8) is 0 Å². The van der Waals surface area contributed by atoms with Crippen LogP contribution in [-0.2, 0) is 4.79 Å². The van der Waals surface area contributed by atoms with Gasteiger partial charge in [-0.2, -0.15) is 0 Å². The molecule has 3 nitrogen and oxygen atoms in total. The molecule has 2 N–H and O–H groups in total. The summed E-state index contributed by atoms with van der Waals surface area (Å²) in [5.74, 6) is 0.143. The molecule has 1 aliphatic rings. The molecule has 0 amide bonds. The van der Waals surface area contributed by atoms with E-state index in [4.69, 9.17) is 5.11 Å². The van der Waals surface area contributed by atoms with Gasteiger partial charge in [-0.25, -0.2) is 0 Å². The van der Waals surface area contributed by atoms with Gasteiger partial charge in [0.1, 0.15) is 6.04 Å². The van der Waals surface area contributed by atoms with Crippen LogP contribution >= 0.6 is 11.8 Å². The van der Waals surface area contributed by atoms with Gasteiger partial charge in [0.05, 0.1) is 5.37 Å². The van der Waals surface area contributed by atoms with E-state index >= 15 is 0 Å². The molecule has 92 valence electrons. The van der Waals surface area contributed by atoms with Crippen LogP contribution < -0.4 is 5.32 Å². The Morgan fingerprint density at radius 3 is 2.65 bits per heavy atom. The first-order chi connectivity index (χ1) is 8.09. The highest BCUT2D eigenvalue weighted by molar-refractivity contribution is 7.99. The average Bonchev–Trinajstić information content (AvgIpc) is 2.29. The molecule has 0 spiro atoms. The second-order valence-corrected chi connectivity index (χ2v) is 5.62. The van der Waals surface area contributed by atoms with Gasteiger partial charge in [-0.1, -0.05) is 18.2 Å². The highest BCUT2D eigenvalue weighted by Crippen LogP contribution is 2.35. The van der Waals surface area contributed by atoms with E-state index in [9.17, 15) is 4.79 Å². The summed E-state index contributed by atoms with van der Waals surface area (Å²) in [7, 11) is 0. The minimum atomic E-state index is -0.749. The Morgan fingerprint density at radius 1 is 1.41 bits per heavy atom. The third-order valence-electron chi connectivity index (χ3n) is 3.15. The van der Waals surface area contributed by atoms with Crippen LogP contribution in [0.5, 0.6) is 0 Å². The van der Waals surface area contributed by atoms with Crippen LogP contribution in [0.3, 0.4) is 0 Å². The molecule has 0 saturated carbocycles. The van der Waals surface area contributed by atoms with Crippen molar-refractivity contribution in [2.45, 2.75) is 31.7 Å². The van der Waals surface area contributed by atoms with Crippen molar-refractivity contribution in [1.82, 2.24) is 5.32 Å². The number of hydrogen-bond donors (Lipinski definition) is 2. The summed E-state index contributed by atoms with van der Waals surface area (Å²) < 4.78 is 0. The van der Waals surface area contributed by atoms with Crippen LogP contribution in [0.2, 0.25) is 0 Å². The van der Waals surface area contributed by atoms with Crippen LogP contribution in [-0.4, -0.2) is 22.9 Å². The Labute approximate surface area is 106 Å². The Balaban J connectivity index is 2.25. The Hall–Kier alpha value is -1.00. The summed E-state index contributed by atoms with van der Waals surface area (Å²) >= 11 is 1.79. The van der Waals surface area contributed by atoms with E-state index in [1.165, 1.54) is 16.7 Å². The Kier molecular flexibility index (Phi) is 3.74. The van der Waals surface area contributed by atoms with E-state index in [1.54, 1.807) is 11.8 Å². The Bertz CT molecular complexity index is 413. The first-order valence-corrected chi connectivity index (χ1v) is 6.81. The lowest BCUT2D eigenvalue weighted by atomic mass is 10.0. The summed E-state index contributed by atoms with van der Waals surface area (Å²) in [5.41, 5.74) is 3.69. The third-order valence-corrected chi connectivity index (χ3v) is 4.32. The molecule has 1 saturated heterocycles. The van der Waals surface area contributed by atoms with Crippen LogP contribution in [0.1, 0.15) is 28.5 Å². The van der Waals surface area contributed by atoms with Gasteiger partial charge in [-0.15, -0.1) is 11.8 Å². The number of carboxylic acids is 1. The fourth-order valence-electron chi connectivity index (χ4n) is 2.22. The molecule has 1 aromatic rings. The van der Waals surface area contributed by atoms with E-state index in [-0.39, 0.29) is 5.37 Å². The third kappa shape index (κ3) is 2.64. The quantitative estimate of drug-likeness (QED) is 0.848. The van der Waals surface area contributed by atoms with Crippen LogP contribution in [0.15, 0.2) is 18.2 Å². The topological polar surface area (TPSA) is 49.3 Å². The molecule has 2 rings (SSSR count). The standard InChI is InChI=1S/C13H17NO2S/c1-8-4-3-5-9(2)11(8)12-14-10(13(15)16)6-7-17-12/h3-5,10,12,14H,6-7H2,1-2H3,(H,15,16). The number of hydrogen-bond acceptors (Lipinski definition) is 3. The number of thioether (sulfide) groups is 1. The van der Waals surface area contributed by atoms with Crippen molar-refractivity contribution < 1.29 is 9.90 Å². The number of aryl methyl sites for hydroxylation is 2. The summed E-state index contributed by atoms with van der Waals surface area (Å²) in [5, 5.41) is 12.4. The molecule has 0 aromatic heterocycles. The lowest BCUT2D eigenvalue weighted by Gasteiger charge is -2.30. The monoisotopic (exact) mass is 251 g/mol. The molecular weight excluding hydrogens is 234 g/mol. The fraction of sp³-hybridized carbons (Fsp3) is 0.462. The maximum Gasteiger partial charge on any atom is 0.320 e. The molecule has 0 radical (unpaired) electrons. The second-order valence-electron chi connectivity index (χ2n) is 4.40. The highest BCUT2D eigenvalue weighted by Gasteiger charge is 2.28. The van der Waals surface area contributed by atoms with Crippen molar-refractivity contribution in [2.24, 2.45) is 0 Å². The normalized spacial score (nSPS) is 24.6. The van der Waals surface area contributed by atoms with Crippen molar-refractivity contribution in [1.29, 1.82) is 0 Å². The smallest absolute Gasteiger partial charge is 0.320 e. The molecule has 4 heteroatoms. The number of carboxylic acid groups (broad SMARTS) is 1. The molecule has 1 aromatic carbocycles. The lowest BCUT2D eigenvalue weighted by molar-refractivity contribution is -0.139. The number of carbonyl (C=O) groups is 1. The summed E-state index contributed by atoms with van der Waals surface area (Å²) in [6.07, 6.45) is 0.696. The van der Waals surface area contributed by atoms with Gasteiger partial charge in [0, 0.05) is 0 Å². The predicted octanol–water partition coefficient (Wildman–Crippen LogP) is 2.48. The number of rotatable bonds is 2. The van der Waals surface area contributed by atoms with Gasteiger partial charge in [-0.3, -0.25) is 10.1 Å². The van der Waals surface area contributed by atoms with E-state index in [0.29, 0.717) is 6.42 Å². The van der Waals surface area contributed by atoms with Crippen molar-refractivity contribution in [3.8, 4) is 0 Å². The maximum atomic E-state index is 11.0. The van der Waals surface area contributed by atoms with Crippen LogP contribution in [0.25, 0.3) is 0 Å². The van der Waals surface area contributed by atoms with E-state index < -0.39 is 12.0 Å². The zero-order valence-corrected chi connectivity index (χ0v) is 10.9. The molecule has 0 bridgehead atoms. The van der Waals surface area contributed by atoms with E-state index in [0.717, 1.165) is 5.75 Å². The maximum absolute atomic E-state index is 11.0.